The van der Waals surface area contributed by atoms with Crippen molar-refractivity contribution in [3.05, 3.63) is 0 Å². The minimum Gasteiger partial charge on any atom is -0.390 e. The molecule has 0 bridgehead atoms. The molecule has 0 aromatic carbocycles. The summed E-state index contributed by atoms with van der Waals surface area (Å²) in [6.45, 7) is 10.6. The SMILES string of the molecule is CC(C)N1CC[C@](C)(O)[C@@H](C)C1. The van der Waals surface area contributed by atoms with Crippen molar-refractivity contribution in [2.24, 2.45) is 5.92 Å². The van der Waals surface area contributed by atoms with Gasteiger partial charge in [-0.2, -0.15) is 0 Å². The molecule has 1 rings (SSSR count). The molecule has 1 heterocycles. The van der Waals surface area contributed by atoms with Crippen molar-refractivity contribution in [1.82, 2.24) is 4.90 Å². The number of piperidine rings is 1. The highest BCUT2D eigenvalue weighted by atomic mass is 16.3. The van der Waals surface area contributed by atoms with E-state index in [-0.39, 0.29) is 0 Å². The van der Waals surface area contributed by atoms with E-state index in [0.29, 0.717) is 12.0 Å². The molecule has 0 unspecified atom stereocenters. The van der Waals surface area contributed by atoms with E-state index >= 15 is 0 Å². The second-order valence-corrected chi connectivity index (χ2v) is 4.60. The molecule has 1 N–H and O–H groups in total. The molecular formula is C10H21NO. The van der Waals surface area contributed by atoms with E-state index in [1.54, 1.807) is 0 Å². The van der Waals surface area contributed by atoms with Gasteiger partial charge in [0.1, 0.15) is 0 Å². The summed E-state index contributed by atoms with van der Waals surface area (Å²) in [6.07, 6.45) is 0.909. The third kappa shape index (κ3) is 1.99. The van der Waals surface area contributed by atoms with E-state index in [2.05, 4.69) is 25.7 Å². The highest BCUT2D eigenvalue weighted by Crippen LogP contribution is 2.27. The van der Waals surface area contributed by atoms with Crippen LogP contribution in [0.1, 0.15) is 34.1 Å². The van der Waals surface area contributed by atoms with Gasteiger partial charge in [0, 0.05) is 19.1 Å². The fourth-order valence-electron chi connectivity index (χ4n) is 1.73. The van der Waals surface area contributed by atoms with Crippen LogP contribution in [0.4, 0.5) is 0 Å². The lowest BCUT2D eigenvalue weighted by Crippen LogP contribution is -2.50. The molecule has 1 aliphatic rings. The summed E-state index contributed by atoms with van der Waals surface area (Å²) < 4.78 is 0. The average molecular weight is 171 g/mol. The number of nitrogens with zero attached hydrogens (tertiary/aromatic N) is 1. The zero-order chi connectivity index (χ0) is 9.35. The van der Waals surface area contributed by atoms with Crippen LogP contribution in [0, 0.1) is 5.92 Å². The minimum absolute atomic E-state index is 0.397. The Labute approximate surface area is 75.6 Å². The lowest BCUT2D eigenvalue weighted by atomic mass is 9.83. The van der Waals surface area contributed by atoms with Crippen LogP contribution in [0.5, 0.6) is 0 Å². The normalized spacial score (nSPS) is 39.0. The quantitative estimate of drug-likeness (QED) is 0.646. The van der Waals surface area contributed by atoms with Crippen molar-refractivity contribution in [2.75, 3.05) is 13.1 Å². The predicted molar refractivity (Wildman–Crippen MR) is 51.1 cm³/mol. The molecule has 1 aliphatic heterocycles. The molecule has 2 nitrogen and oxygen atoms in total. The Hall–Kier alpha value is -0.0800. The van der Waals surface area contributed by atoms with E-state index in [1.807, 2.05) is 6.92 Å². The van der Waals surface area contributed by atoms with Crippen molar-refractivity contribution >= 4 is 0 Å². The minimum atomic E-state index is -0.439. The van der Waals surface area contributed by atoms with Gasteiger partial charge in [0.15, 0.2) is 0 Å². The zero-order valence-corrected chi connectivity index (χ0v) is 8.67. The second kappa shape index (κ2) is 3.35. The molecule has 0 amide bonds. The number of likely N-dealkylation sites (tertiary alicyclic amines) is 1. The van der Waals surface area contributed by atoms with Crippen molar-refractivity contribution in [3.63, 3.8) is 0 Å². The summed E-state index contributed by atoms with van der Waals surface area (Å²) in [4.78, 5) is 2.43. The van der Waals surface area contributed by atoms with Crippen LogP contribution in [-0.4, -0.2) is 34.7 Å². The maximum atomic E-state index is 9.92. The Bertz CT molecular complexity index is 154. The van der Waals surface area contributed by atoms with Gasteiger partial charge in [-0.3, -0.25) is 0 Å². The second-order valence-electron chi connectivity index (χ2n) is 4.60. The van der Waals surface area contributed by atoms with E-state index in [9.17, 15) is 5.11 Å². The Balaban J connectivity index is 2.52. The summed E-state index contributed by atoms with van der Waals surface area (Å²) in [7, 11) is 0. The van der Waals surface area contributed by atoms with Gasteiger partial charge in [0.2, 0.25) is 0 Å². The molecular weight excluding hydrogens is 150 g/mol. The molecule has 1 saturated heterocycles. The van der Waals surface area contributed by atoms with Crippen LogP contribution in [-0.2, 0) is 0 Å². The fraction of sp³-hybridized carbons (Fsp3) is 1.00. The summed E-state index contributed by atoms with van der Waals surface area (Å²) >= 11 is 0. The van der Waals surface area contributed by atoms with E-state index < -0.39 is 5.60 Å². The molecule has 0 aromatic heterocycles. The van der Waals surface area contributed by atoms with Crippen molar-refractivity contribution in [1.29, 1.82) is 0 Å². The Morgan fingerprint density at radius 1 is 1.50 bits per heavy atom. The maximum absolute atomic E-state index is 9.92. The van der Waals surface area contributed by atoms with Crippen LogP contribution in [0.25, 0.3) is 0 Å². The smallest absolute Gasteiger partial charge is 0.0669 e. The summed E-state index contributed by atoms with van der Waals surface area (Å²) in [5.41, 5.74) is -0.439. The Kier molecular flexibility index (Phi) is 2.79. The molecule has 0 aliphatic carbocycles. The van der Waals surface area contributed by atoms with Crippen LogP contribution in [0.15, 0.2) is 0 Å². The Morgan fingerprint density at radius 3 is 2.50 bits per heavy atom. The van der Waals surface area contributed by atoms with Gasteiger partial charge in [0.05, 0.1) is 5.60 Å². The first kappa shape index (κ1) is 10.0. The third-order valence-corrected chi connectivity index (χ3v) is 3.21. The molecule has 2 heteroatoms. The first-order chi connectivity index (χ1) is 5.43. The highest BCUT2D eigenvalue weighted by molar-refractivity contribution is 4.88. The summed E-state index contributed by atoms with van der Waals surface area (Å²) in [5, 5.41) is 9.92. The zero-order valence-electron chi connectivity index (χ0n) is 8.67. The first-order valence-electron chi connectivity index (χ1n) is 4.90. The van der Waals surface area contributed by atoms with Crippen LogP contribution in [0.2, 0.25) is 0 Å². The molecule has 0 aromatic rings. The van der Waals surface area contributed by atoms with E-state index in [0.717, 1.165) is 19.5 Å². The standard InChI is InChI=1S/C10H21NO/c1-8(2)11-6-5-10(4,12)9(3)7-11/h8-9,12H,5-7H2,1-4H3/t9-,10-/m0/s1. The average Bonchev–Trinajstić information content (AvgIpc) is 1.94. The summed E-state index contributed by atoms with van der Waals surface area (Å²) in [5.74, 6) is 0.397. The first-order valence-corrected chi connectivity index (χ1v) is 4.90. The highest BCUT2D eigenvalue weighted by Gasteiger charge is 2.34. The molecule has 72 valence electrons. The lowest BCUT2D eigenvalue weighted by molar-refractivity contribution is -0.0569. The summed E-state index contributed by atoms with van der Waals surface area (Å²) in [6, 6.07) is 0.614. The van der Waals surface area contributed by atoms with Crippen molar-refractivity contribution < 1.29 is 5.11 Å². The Morgan fingerprint density at radius 2 is 2.08 bits per heavy atom. The van der Waals surface area contributed by atoms with Crippen LogP contribution >= 0.6 is 0 Å². The molecule has 0 radical (unpaired) electrons. The van der Waals surface area contributed by atoms with Gasteiger partial charge >= 0.3 is 0 Å². The van der Waals surface area contributed by atoms with Gasteiger partial charge in [-0.15, -0.1) is 0 Å². The van der Waals surface area contributed by atoms with Gasteiger partial charge in [-0.1, -0.05) is 6.92 Å². The number of hydrogen-bond acceptors (Lipinski definition) is 2. The largest absolute Gasteiger partial charge is 0.390 e. The van der Waals surface area contributed by atoms with Crippen LogP contribution < -0.4 is 0 Å². The molecule has 0 saturated carbocycles. The van der Waals surface area contributed by atoms with Gasteiger partial charge < -0.3 is 10.0 Å². The fourth-order valence-corrected chi connectivity index (χ4v) is 1.73. The molecule has 12 heavy (non-hydrogen) atoms. The topological polar surface area (TPSA) is 23.5 Å². The van der Waals surface area contributed by atoms with Crippen molar-refractivity contribution in [2.45, 2.75) is 45.8 Å². The van der Waals surface area contributed by atoms with Crippen LogP contribution in [0.3, 0.4) is 0 Å². The number of rotatable bonds is 1. The molecule has 0 spiro atoms. The predicted octanol–water partition coefficient (Wildman–Crippen LogP) is 1.49. The third-order valence-electron chi connectivity index (χ3n) is 3.21. The number of hydrogen-bond donors (Lipinski definition) is 1. The molecule has 1 fully saturated rings. The van der Waals surface area contributed by atoms with Gasteiger partial charge in [-0.25, -0.2) is 0 Å². The van der Waals surface area contributed by atoms with E-state index in [4.69, 9.17) is 0 Å². The van der Waals surface area contributed by atoms with E-state index in [1.165, 1.54) is 0 Å². The number of aliphatic hydroxyl groups is 1. The molecule has 2 atom stereocenters. The van der Waals surface area contributed by atoms with Crippen molar-refractivity contribution in [3.8, 4) is 0 Å². The monoisotopic (exact) mass is 171 g/mol. The maximum Gasteiger partial charge on any atom is 0.0669 e. The van der Waals surface area contributed by atoms with Gasteiger partial charge in [0.25, 0.3) is 0 Å². The van der Waals surface area contributed by atoms with Gasteiger partial charge in [-0.05, 0) is 33.1 Å². The lowest BCUT2D eigenvalue weighted by Gasteiger charge is -2.42.